The number of hydrogen-bond acceptors (Lipinski definition) is 4. The molecular formula is C17H22F3N3O3S. The Bertz CT molecular complexity index is 822. The maximum absolute atomic E-state index is 12.5. The average Bonchev–Trinajstić information content (AvgIpc) is 2.56. The number of para-hydroxylation sites is 2. The van der Waals surface area contributed by atoms with E-state index in [1.54, 1.807) is 24.3 Å². The molecule has 1 amide bonds. The van der Waals surface area contributed by atoms with Gasteiger partial charge >= 0.3 is 12.1 Å². The summed E-state index contributed by atoms with van der Waals surface area (Å²) in [6, 6.07) is 5.97. The molecule has 0 spiro atoms. The molecule has 6 nitrogen and oxygen atoms in total. The number of anilines is 2. The SMILES string of the molecule is CS(=O)(=O)N(c1ccccc1N)[C@H]1CCCC=C1CCNC(=O)C(F)(F)F. The largest absolute Gasteiger partial charge is 0.471 e. The monoisotopic (exact) mass is 405 g/mol. The molecule has 0 aromatic heterocycles. The van der Waals surface area contributed by atoms with E-state index >= 15 is 0 Å². The number of nitrogens with two attached hydrogens (primary N) is 1. The Morgan fingerprint density at radius 3 is 2.59 bits per heavy atom. The molecule has 150 valence electrons. The van der Waals surface area contributed by atoms with Gasteiger partial charge in [0.1, 0.15) is 0 Å². The lowest BCUT2D eigenvalue weighted by Gasteiger charge is -2.36. The standard InChI is InChI=1S/C17H22F3N3O3S/c1-27(25,26)23(15-9-5-3-7-13(15)21)14-8-4-2-6-12(14)10-11-22-16(24)17(18,19)20/h3,5-7,9,14H,2,4,8,10-11,21H2,1H3,(H,22,24)/t14-/m0/s1. The number of carbonyl (C=O) groups excluding carboxylic acids is 1. The van der Waals surface area contributed by atoms with Crippen LogP contribution >= 0.6 is 0 Å². The second-order valence-electron chi connectivity index (χ2n) is 6.35. The van der Waals surface area contributed by atoms with Crippen LogP contribution in [0.15, 0.2) is 35.9 Å². The van der Waals surface area contributed by atoms with Crippen molar-refractivity contribution in [3.8, 4) is 0 Å². The molecular weight excluding hydrogens is 383 g/mol. The third-order valence-corrected chi connectivity index (χ3v) is 5.45. The number of nitrogen functional groups attached to an aromatic ring is 1. The maximum atomic E-state index is 12.5. The van der Waals surface area contributed by atoms with E-state index in [1.807, 2.05) is 11.4 Å². The highest BCUT2D eigenvalue weighted by atomic mass is 32.2. The first kappa shape index (κ1) is 21.1. The van der Waals surface area contributed by atoms with E-state index in [9.17, 15) is 26.4 Å². The molecule has 1 atom stereocenters. The number of hydrogen-bond donors (Lipinski definition) is 2. The molecule has 0 fully saturated rings. The molecule has 0 saturated heterocycles. The number of nitrogens with zero attached hydrogens (tertiary/aromatic N) is 1. The van der Waals surface area contributed by atoms with E-state index < -0.39 is 28.1 Å². The Morgan fingerprint density at radius 2 is 2.00 bits per heavy atom. The molecule has 10 heteroatoms. The summed E-state index contributed by atoms with van der Waals surface area (Å²) >= 11 is 0. The fraction of sp³-hybridized carbons (Fsp3) is 0.471. The Hall–Kier alpha value is -2.23. The van der Waals surface area contributed by atoms with Crippen molar-refractivity contribution in [2.45, 2.75) is 37.9 Å². The fourth-order valence-electron chi connectivity index (χ4n) is 3.14. The van der Waals surface area contributed by atoms with Gasteiger partial charge in [-0.1, -0.05) is 18.2 Å². The Morgan fingerprint density at radius 1 is 1.33 bits per heavy atom. The van der Waals surface area contributed by atoms with Gasteiger partial charge in [0, 0.05) is 6.54 Å². The third-order valence-electron chi connectivity index (χ3n) is 4.29. The quantitative estimate of drug-likeness (QED) is 0.562. The van der Waals surface area contributed by atoms with Crippen molar-refractivity contribution in [2.75, 3.05) is 22.8 Å². The van der Waals surface area contributed by atoms with Crippen LogP contribution in [0.4, 0.5) is 24.5 Å². The first-order valence-electron chi connectivity index (χ1n) is 8.39. The van der Waals surface area contributed by atoms with Gasteiger partial charge in [0.15, 0.2) is 0 Å². The number of alkyl halides is 3. The number of benzene rings is 1. The minimum absolute atomic E-state index is 0.116. The zero-order chi connectivity index (χ0) is 20.2. The summed E-state index contributed by atoms with van der Waals surface area (Å²) in [4.78, 5) is 11.0. The average molecular weight is 405 g/mol. The molecule has 0 unspecified atom stereocenters. The summed E-state index contributed by atoms with van der Waals surface area (Å²) in [5.41, 5.74) is 7.24. The smallest absolute Gasteiger partial charge is 0.397 e. The summed E-state index contributed by atoms with van der Waals surface area (Å²) in [7, 11) is -3.69. The van der Waals surface area contributed by atoms with Crippen molar-refractivity contribution in [1.29, 1.82) is 0 Å². The summed E-state index contributed by atoms with van der Waals surface area (Å²) in [5, 5.41) is 1.82. The Kier molecular flexibility index (Phi) is 6.40. The zero-order valence-electron chi connectivity index (χ0n) is 14.8. The number of carbonyl (C=O) groups is 1. The lowest BCUT2D eigenvalue weighted by Crippen LogP contribution is -2.43. The lowest BCUT2D eigenvalue weighted by atomic mass is 9.91. The number of amides is 1. The van der Waals surface area contributed by atoms with Crippen molar-refractivity contribution in [3.63, 3.8) is 0 Å². The van der Waals surface area contributed by atoms with Crippen LogP contribution in [0, 0.1) is 0 Å². The Labute approximate surface area is 156 Å². The van der Waals surface area contributed by atoms with Gasteiger partial charge in [0.2, 0.25) is 10.0 Å². The normalized spacial score (nSPS) is 17.9. The van der Waals surface area contributed by atoms with Crippen LogP contribution < -0.4 is 15.4 Å². The summed E-state index contributed by atoms with van der Waals surface area (Å²) in [6.07, 6.45) is 0.00834. The van der Waals surface area contributed by atoms with Gasteiger partial charge in [-0.25, -0.2) is 8.42 Å². The van der Waals surface area contributed by atoms with Crippen molar-refractivity contribution in [3.05, 3.63) is 35.9 Å². The molecule has 0 heterocycles. The van der Waals surface area contributed by atoms with Gasteiger partial charge in [0.25, 0.3) is 0 Å². The summed E-state index contributed by atoms with van der Waals surface area (Å²) < 4.78 is 63.1. The van der Waals surface area contributed by atoms with Crippen LogP contribution in [0.5, 0.6) is 0 Å². The van der Waals surface area contributed by atoms with Gasteiger partial charge in [0.05, 0.1) is 23.7 Å². The number of nitrogens with one attached hydrogen (secondary N) is 1. The topological polar surface area (TPSA) is 92.5 Å². The van der Waals surface area contributed by atoms with Gasteiger partial charge in [-0.2, -0.15) is 13.2 Å². The van der Waals surface area contributed by atoms with E-state index in [0.717, 1.165) is 12.7 Å². The molecule has 3 N–H and O–H groups in total. The molecule has 2 rings (SSSR count). The predicted octanol–water partition coefficient (Wildman–Crippen LogP) is 2.58. The highest BCUT2D eigenvalue weighted by Gasteiger charge is 2.38. The van der Waals surface area contributed by atoms with Gasteiger partial charge < -0.3 is 11.1 Å². The minimum atomic E-state index is -4.95. The predicted molar refractivity (Wildman–Crippen MR) is 97.6 cm³/mol. The second kappa shape index (κ2) is 8.20. The molecule has 0 aliphatic heterocycles. The Balaban J connectivity index is 2.24. The number of halogens is 3. The van der Waals surface area contributed by atoms with Crippen LogP contribution in [0.2, 0.25) is 0 Å². The van der Waals surface area contributed by atoms with E-state index in [1.165, 1.54) is 4.31 Å². The van der Waals surface area contributed by atoms with Crippen LogP contribution in [0.25, 0.3) is 0 Å². The van der Waals surface area contributed by atoms with Crippen LogP contribution in [0.1, 0.15) is 25.7 Å². The van der Waals surface area contributed by atoms with E-state index in [4.69, 9.17) is 5.73 Å². The number of sulfonamides is 1. The number of rotatable bonds is 6. The third kappa shape index (κ3) is 5.38. The maximum Gasteiger partial charge on any atom is 0.471 e. The van der Waals surface area contributed by atoms with Crippen LogP contribution in [0.3, 0.4) is 0 Å². The zero-order valence-corrected chi connectivity index (χ0v) is 15.6. The van der Waals surface area contributed by atoms with E-state index in [2.05, 4.69) is 0 Å². The first-order valence-corrected chi connectivity index (χ1v) is 10.2. The van der Waals surface area contributed by atoms with Gasteiger partial charge in [-0.3, -0.25) is 9.10 Å². The first-order chi connectivity index (χ1) is 12.5. The molecule has 1 aliphatic rings. The molecule has 1 aromatic rings. The summed E-state index contributed by atoms with van der Waals surface area (Å²) in [5.74, 6) is -2.01. The van der Waals surface area contributed by atoms with E-state index in [0.29, 0.717) is 29.8 Å². The second-order valence-corrected chi connectivity index (χ2v) is 8.21. The van der Waals surface area contributed by atoms with Crippen LogP contribution in [-0.2, 0) is 14.8 Å². The molecule has 27 heavy (non-hydrogen) atoms. The van der Waals surface area contributed by atoms with E-state index in [-0.39, 0.29) is 13.0 Å². The van der Waals surface area contributed by atoms with Crippen molar-refractivity contribution >= 4 is 27.3 Å². The van der Waals surface area contributed by atoms with Crippen LogP contribution in [-0.4, -0.2) is 39.3 Å². The molecule has 0 saturated carbocycles. The summed E-state index contributed by atoms with van der Waals surface area (Å²) in [6.45, 7) is -0.234. The fourth-order valence-corrected chi connectivity index (χ4v) is 4.37. The molecule has 0 bridgehead atoms. The van der Waals surface area contributed by atoms with Crippen molar-refractivity contribution in [1.82, 2.24) is 5.32 Å². The van der Waals surface area contributed by atoms with Gasteiger partial charge in [-0.15, -0.1) is 0 Å². The molecule has 1 aliphatic carbocycles. The lowest BCUT2D eigenvalue weighted by molar-refractivity contribution is -0.173. The minimum Gasteiger partial charge on any atom is -0.397 e. The highest BCUT2D eigenvalue weighted by Crippen LogP contribution is 2.34. The molecule has 0 radical (unpaired) electrons. The number of allylic oxidation sites excluding steroid dienone is 1. The van der Waals surface area contributed by atoms with Crippen molar-refractivity contribution in [2.24, 2.45) is 0 Å². The highest BCUT2D eigenvalue weighted by molar-refractivity contribution is 7.92. The van der Waals surface area contributed by atoms with Crippen molar-refractivity contribution < 1.29 is 26.4 Å². The molecule has 1 aromatic carbocycles. The van der Waals surface area contributed by atoms with Gasteiger partial charge in [-0.05, 0) is 43.4 Å².